The average molecular weight is 242 g/mol. The van der Waals surface area contributed by atoms with Crippen molar-refractivity contribution in [1.82, 2.24) is 0 Å². The minimum Gasteiger partial charge on any atom is -0.363 e. The van der Waals surface area contributed by atoms with Crippen LogP contribution in [0, 0.1) is 11.8 Å². The Labute approximate surface area is 102 Å². The molecule has 1 aliphatic carbocycles. The summed E-state index contributed by atoms with van der Waals surface area (Å²) in [4.78, 5) is 22.1. The molecule has 1 heterocycles. The van der Waals surface area contributed by atoms with Gasteiger partial charge < -0.3 is 5.11 Å². The van der Waals surface area contributed by atoms with E-state index in [1.165, 1.54) is 26.7 Å². The third-order valence-electron chi connectivity index (χ3n) is 4.04. The van der Waals surface area contributed by atoms with Crippen LogP contribution in [-0.2, 0) is 14.6 Å². The fourth-order valence-corrected chi connectivity index (χ4v) is 3.27. The summed E-state index contributed by atoms with van der Waals surface area (Å²) in [6.45, 7) is 3.05. The quantitative estimate of drug-likeness (QED) is 0.716. The van der Waals surface area contributed by atoms with Crippen molar-refractivity contribution in [3.63, 3.8) is 0 Å². The molecule has 2 fully saturated rings. The van der Waals surface area contributed by atoms with Crippen molar-refractivity contribution in [2.24, 2.45) is 11.8 Å². The molecule has 0 bridgehead atoms. The van der Waals surface area contributed by atoms with Crippen LogP contribution in [0.4, 0.5) is 0 Å². The molecule has 0 amide bonds. The largest absolute Gasteiger partial charge is 0.363 e. The summed E-state index contributed by atoms with van der Waals surface area (Å²) in [5, 5.41) is 10.1. The molecule has 2 rings (SSSR count). The molecule has 0 aromatic heterocycles. The topological polar surface area (TPSA) is 55.8 Å². The summed E-state index contributed by atoms with van der Waals surface area (Å²) >= 11 is 0. The van der Waals surface area contributed by atoms with Gasteiger partial charge in [-0.3, -0.25) is 4.79 Å². The summed E-state index contributed by atoms with van der Waals surface area (Å²) in [7, 11) is 0. The number of aliphatic hydroxyl groups is 1. The van der Waals surface area contributed by atoms with E-state index in [4.69, 9.17) is 9.78 Å². The van der Waals surface area contributed by atoms with Gasteiger partial charge in [0, 0.05) is 5.92 Å². The summed E-state index contributed by atoms with van der Waals surface area (Å²) in [5.41, 5.74) is 0. The number of carbonyl (C=O) groups is 1. The third-order valence-corrected chi connectivity index (χ3v) is 4.04. The highest BCUT2D eigenvalue weighted by molar-refractivity contribution is 5.79. The van der Waals surface area contributed by atoms with E-state index in [2.05, 4.69) is 0 Å². The monoisotopic (exact) mass is 242 g/mol. The zero-order valence-corrected chi connectivity index (χ0v) is 10.6. The van der Waals surface area contributed by atoms with Crippen molar-refractivity contribution in [2.75, 3.05) is 0 Å². The first-order chi connectivity index (χ1) is 8.02. The standard InChI is InChI=1S/C13H22O4/c1-9(14)12-10-7-5-3-4-6-8-11(10)16-17-13(12,2)15/h10-12,15H,3-8H2,1-2H3. The van der Waals surface area contributed by atoms with E-state index in [1.807, 2.05) is 0 Å². The van der Waals surface area contributed by atoms with Crippen LogP contribution >= 0.6 is 0 Å². The predicted octanol–water partition coefficient (Wildman–Crippen LogP) is 2.20. The maximum atomic E-state index is 11.8. The summed E-state index contributed by atoms with van der Waals surface area (Å²) in [6, 6.07) is 0. The van der Waals surface area contributed by atoms with E-state index in [0.29, 0.717) is 0 Å². The molecule has 1 saturated carbocycles. The lowest BCUT2D eigenvalue weighted by Crippen LogP contribution is -2.54. The molecule has 1 saturated heterocycles. The molecule has 0 aromatic rings. The van der Waals surface area contributed by atoms with E-state index in [1.54, 1.807) is 0 Å². The van der Waals surface area contributed by atoms with Crippen LogP contribution in [0.2, 0.25) is 0 Å². The Morgan fingerprint density at radius 3 is 2.53 bits per heavy atom. The molecule has 98 valence electrons. The van der Waals surface area contributed by atoms with E-state index in [-0.39, 0.29) is 17.8 Å². The van der Waals surface area contributed by atoms with Crippen molar-refractivity contribution >= 4 is 5.78 Å². The molecule has 0 radical (unpaired) electrons. The predicted molar refractivity (Wildman–Crippen MR) is 61.9 cm³/mol. The summed E-state index contributed by atoms with van der Waals surface area (Å²) in [6.07, 6.45) is 6.45. The van der Waals surface area contributed by atoms with Crippen LogP contribution in [0.25, 0.3) is 0 Å². The lowest BCUT2D eigenvalue weighted by atomic mass is 9.74. The highest BCUT2D eigenvalue weighted by Gasteiger charge is 2.50. The van der Waals surface area contributed by atoms with Gasteiger partial charge in [-0.05, 0) is 26.7 Å². The van der Waals surface area contributed by atoms with Gasteiger partial charge in [0.15, 0.2) is 0 Å². The molecule has 4 unspecified atom stereocenters. The number of Topliss-reactive ketones (excluding diaryl/α,β-unsaturated/α-hetero) is 1. The van der Waals surface area contributed by atoms with E-state index in [9.17, 15) is 9.90 Å². The molecular formula is C13H22O4. The average Bonchev–Trinajstić information content (AvgIpc) is 2.19. The molecule has 4 nitrogen and oxygen atoms in total. The highest BCUT2D eigenvalue weighted by atomic mass is 17.2. The van der Waals surface area contributed by atoms with Crippen LogP contribution < -0.4 is 0 Å². The molecule has 0 spiro atoms. The first kappa shape index (κ1) is 13.0. The van der Waals surface area contributed by atoms with Crippen molar-refractivity contribution in [1.29, 1.82) is 0 Å². The molecule has 17 heavy (non-hydrogen) atoms. The van der Waals surface area contributed by atoms with E-state index < -0.39 is 11.7 Å². The Morgan fingerprint density at radius 2 is 1.88 bits per heavy atom. The minimum absolute atomic E-state index is 0.00567. The lowest BCUT2D eigenvalue weighted by Gasteiger charge is -2.44. The van der Waals surface area contributed by atoms with Gasteiger partial charge in [0.2, 0.25) is 5.79 Å². The van der Waals surface area contributed by atoms with Crippen LogP contribution in [-0.4, -0.2) is 22.8 Å². The SMILES string of the molecule is CC(=O)C1C2CCCCCCC2OOC1(C)O. The van der Waals surface area contributed by atoms with Crippen LogP contribution in [0.5, 0.6) is 0 Å². The van der Waals surface area contributed by atoms with E-state index >= 15 is 0 Å². The molecular weight excluding hydrogens is 220 g/mol. The van der Waals surface area contributed by atoms with Gasteiger partial charge >= 0.3 is 0 Å². The fourth-order valence-electron chi connectivity index (χ4n) is 3.27. The Hall–Kier alpha value is -0.450. The molecule has 2 aliphatic rings. The number of carbonyl (C=O) groups excluding carboxylic acids is 1. The first-order valence-corrected chi connectivity index (χ1v) is 6.59. The zero-order valence-electron chi connectivity index (χ0n) is 10.6. The number of rotatable bonds is 1. The van der Waals surface area contributed by atoms with Crippen molar-refractivity contribution in [3.8, 4) is 0 Å². The van der Waals surface area contributed by atoms with Crippen LogP contribution in [0.15, 0.2) is 0 Å². The molecule has 0 aromatic carbocycles. The Bertz CT molecular complexity index is 287. The maximum absolute atomic E-state index is 11.8. The summed E-state index contributed by atoms with van der Waals surface area (Å²) < 4.78 is 0. The molecule has 1 aliphatic heterocycles. The first-order valence-electron chi connectivity index (χ1n) is 6.59. The number of ketones is 1. The zero-order chi connectivity index (χ0) is 12.5. The van der Waals surface area contributed by atoms with Gasteiger partial charge in [0.05, 0.1) is 12.0 Å². The minimum atomic E-state index is -1.48. The Morgan fingerprint density at radius 1 is 1.24 bits per heavy atom. The Kier molecular flexibility index (Phi) is 3.85. The smallest absolute Gasteiger partial charge is 0.206 e. The van der Waals surface area contributed by atoms with Gasteiger partial charge in [0.1, 0.15) is 5.78 Å². The number of fused-ring (bicyclic) bond motifs is 1. The van der Waals surface area contributed by atoms with Crippen molar-refractivity contribution in [2.45, 2.75) is 64.3 Å². The van der Waals surface area contributed by atoms with Gasteiger partial charge in [0.25, 0.3) is 0 Å². The summed E-state index contributed by atoms with van der Waals surface area (Å²) in [5.74, 6) is -1.85. The van der Waals surface area contributed by atoms with Crippen LogP contribution in [0.3, 0.4) is 0 Å². The second kappa shape index (κ2) is 5.04. The van der Waals surface area contributed by atoms with Crippen molar-refractivity contribution < 1.29 is 19.7 Å². The van der Waals surface area contributed by atoms with E-state index in [0.717, 1.165) is 25.7 Å². The van der Waals surface area contributed by atoms with Gasteiger partial charge in [-0.1, -0.05) is 25.7 Å². The van der Waals surface area contributed by atoms with Gasteiger partial charge in [-0.2, -0.15) is 0 Å². The third kappa shape index (κ3) is 2.69. The normalized spacial score (nSPS) is 43.4. The number of hydrogen-bond donors (Lipinski definition) is 1. The number of hydrogen-bond acceptors (Lipinski definition) is 4. The van der Waals surface area contributed by atoms with Crippen molar-refractivity contribution in [3.05, 3.63) is 0 Å². The second-order valence-electron chi connectivity index (χ2n) is 5.52. The molecule has 4 heteroatoms. The second-order valence-corrected chi connectivity index (χ2v) is 5.52. The van der Waals surface area contributed by atoms with Gasteiger partial charge in [-0.25, -0.2) is 9.78 Å². The fraction of sp³-hybridized carbons (Fsp3) is 0.923. The van der Waals surface area contributed by atoms with Gasteiger partial charge in [-0.15, -0.1) is 0 Å². The van der Waals surface area contributed by atoms with Crippen LogP contribution in [0.1, 0.15) is 52.4 Å². The maximum Gasteiger partial charge on any atom is 0.206 e. The highest BCUT2D eigenvalue weighted by Crippen LogP contribution is 2.41. The molecule has 4 atom stereocenters. The Balaban J connectivity index is 2.19. The molecule has 1 N–H and O–H groups in total. The lowest BCUT2D eigenvalue weighted by molar-refractivity contribution is -0.478.